The summed E-state index contributed by atoms with van der Waals surface area (Å²) in [5.41, 5.74) is 0. The highest BCUT2D eigenvalue weighted by molar-refractivity contribution is 5.76. The third-order valence-electron chi connectivity index (χ3n) is 5.09. The average Bonchev–Trinajstić information content (AvgIpc) is 2.63. The van der Waals surface area contributed by atoms with E-state index in [-0.39, 0.29) is 12.5 Å². The van der Waals surface area contributed by atoms with Gasteiger partial charge in [0.25, 0.3) is 0 Å². The van der Waals surface area contributed by atoms with E-state index in [1.807, 2.05) is 6.92 Å². The fraction of sp³-hybridized carbons (Fsp3) is 0.955. The molecule has 2 atom stereocenters. The van der Waals surface area contributed by atoms with Gasteiger partial charge in [0.05, 0.1) is 18.8 Å². The molecule has 4 heteroatoms. The molecule has 0 spiro atoms. The maximum absolute atomic E-state index is 11.6. The molecule has 0 heterocycles. The van der Waals surface area contributed by atoms with Crippen LogP contribution in [0.15, 0.2) is 0 Å². The first kappa shape index (κ1) is 25.4. The van der Waals surface area contributed by atoms with Gasteiger partial charge in [-0.1, -0.05) is 97.3 Å². The highest BCUT2D eigenvalue weighted by Gasteiger charge is 2.19. The third-order valence-corrected chi connectivity index (χ3v) is 5.09. The van der Waals surface area contributed by atoms with E-state index in [2.05, 4.69) is 12.2 Å². The van der Waals surface area contributed by atoms with Gasteiger partial charge in [0, 0.05) is 6.42 Å². The number of carbonyl (C=O) groups excluding carboxylic acids is 1. The Kier molecular flexibility index (Phi) is 18.7. The zero-order valence-corrected chi connectivity index (χ0v) is 17.5. The Morgan fingerprint density at radius 1 is 0.769 bits per heavy atom. The lowest BCUT2D eigenvalue weighted by molar-refractivity contribution is -0.123. The summed E-state index contributed by atoms with van der Waals surface area (Å²) < 4.78 is 0. The molecule has 0 fully saturated rings. The van der Waals surface area contributed by atoms with E-state index in [1.54, 1.807) is 0 Å². The number of nitrogens with one attached hydrogen (secondary N) is 1. The van der Waals surface area contributed by atoms with Crippen LogP contribution in [-0.2, 0) is 4.79 Å². The highest BCUT2D eigenvalue weighted by Crippen LogP contribution is 2.14. The van der Waals surface area contributed by atoms with Crippen molar-refractivity contribution in [2.24, 2.45) is 0 Å². The molecular weight excluding hydrogens is 326 g/mol. The number of unbranched alkanes of at least 4 members (excludes halogenated alkanes) is 12. The molecule has 0 aromatic carbocycles. The number of aliphatic hydroxyl groups is 2. The van der Waals surface area contributed by atoms with E-state index in [0.29, 0.717) is 12.8 Å². The number of aliphatic hydroxyl groups excluding tert-OH is 2. The molecule has 0 bridgehead atoms. The van der Waals surface area contributed by atoms with Crippen molar-refractivity contribution in [2.45, 2.75) is 129 Å². The van der Waals surface area contributed by atoms with E-state index < -0.39 is 12.1 Å². The first-order chi connectivity index (χ1) is 12.7. The van der Waals surface area contributed by atoms with Crippen molar-refractivity contribution >= 4 is 5.91 Å². The second kappa shape index (κ2) is 19.2. The van der Waals surface area contributed by atoms with Gasteiger partial charge in [-0.05, 0) is 12.8 Å². The first-order valence-corrected chi connectivity index (χ1v) is 11.2. The summed E-state index contributed by atoms with van der Waals surface area (Å²) in [6.45, 7) is 4.00. The largest absolute Gasteiger partial charge is 0.394 e. The van der Waals surface area contributed by atoms with Crippen LogP contribution in [0.1, 0.15) is 117 Å². The molecule has 0 aliphatic heterocycles. The third kappa shape index (κ3) is 15.6. The van der Waals surface area contributed by atoms with E-state index >= 15 is 0 Å². The number of carbonyl (C=O) groups is 1. The molecule has 0 aromatic rings. The summed E-state index contributed by atoms with van der Waals surface area (Å²) >= 11 is 0. The number of hydrogen-bond donors (Lipinski definition) is 3. The van der Waals surface area contributed by atoms with Crippen LogP contribution in [0, 0.1) is 0 Å². The number of rotatable bonds is 19. The predicted molar refractivity (Wildman–Crippen MR) is 110 cm³/mol. The normalized spacial score (nSPS) is 13.5. The maximum Gasteiger partial charge on any atom is 0.220 e. The van der Waals surface area contributed by atoms with Gasteiger partial charge < -0.3 is 15.5 Å². The fourth-order valence-electron chi connectivity index (χ4n) is 3.34. The van der Waals surface area contributed by atoms with Crippen molar-refractivity contribution in [3.63, 3.8) is 0 Å². The van der Waals surface area contributed by atoms with Crippen LogP contribution in [0.25, 0.3) is 0 Å². The lowest BCUT2D eigenvalue weighted by Gasteiger charge is -2.22. The van der Waals surface area contributed by atoms with Crippen molar-refractivity contribution in [1.82, 2.24) is 5.32 Å². The average molecular weight is 372 g/mol. The zero-order valence-electron chi connectivity index (χ0n) is 17.5. The predicted octanol–water partition coefficient (Wildman–Crippen LogP) is 5.11. The quantitative estimate of drug-likeness (QED) is 0.276. The molecule has 0 aromatic heterocycles. The van der Waals surface area contributed by atoms with Gasteiger partial charge in [-0.3, -0.25) is 4.79 Å². The van der Waals surface area contributed by atoms with E-state index in [9.17, 15) is 15.0 Å². The molecule has 1 amide bonds. The minimum atomic E-state index is -0.645. The highest BCUT2D eigenvalue weighted by atomic mass is 16.3. The molecule has 0 rings (SSSR count). The smallest absolute Gasteiger partial charge is 0.220 e. The standard InChI is InChI=1S/C22H45NO3/c1-3-5-6-7-8-9-10-11-12-13-14-15-16-18-21(25)20(19-24)23-22(26)17-4-2/h20-21,24-25H,3-19H2,1-2H3,(H,23,26)/t20-,21-/m1/s1. The topological polar surface area (TPSA) is 69.6 Å². The second-order valence-corrected chi connectivity index (χ2v) is 7.71. The Labute approximate surface area is 162 Å². The molecule has 0 radical (unpaired) electrons. The monoisotopic (exact) mass is 371 g/mol. The van der Waals surface area contributed by atoms with Crippen LogP contribution in [-0.4, -0.2) is 34.9 Å². The van der Waals surface area contributed by atoms with Gasteiger partial charge in [-0.2, -0.15) is 0 Å². The second-order valence-electron chi connectivity index (χ2n) is 7.71. The molecule has 0 saturated carbocycles. The van der Waals surface area contributed by atoms with Crippen molar-refractivity contribution in [3.05, 3.63) is 0 Å². The molecule has 0 aliphatic rings. The number of amides is 1. The fourth-order valence-corrected chi connectivity index (χ4v) is 3.34. The van der Waals surface area contributed by atoms with Crippen molar-refractivity contribution in [2.75, 3.05) is 6.61 Å². The summed E-state index contributed by atoms with van der Waals surface area (Å²) in [6.07, 6.45) is 18.2. The van der Waals surface area contributed by atoms with Gasteiger partial charge in [0.1, 0.15) is 0 Å². The Morgan fingerprint density at radius 2 is 1.23 bits per heavy atom. The molecule has 156 valence electrons. The minimum absolute atomic E-state index is 0.0871. The Hall–Kier alpha value is -0.610. The molecule has 0 saturated heterocycles. The van der Waals surface area contributed by atoms with Gasteiger partial charge in [-0.25, -0.2) is 0 Å². The van der Waals surface area contributed by atoms with Crippen LogP contribution >= 0.6 is 0 Å². The summed E-state index contributed by atoms with van der Waals surface area (Å²) in [7, 11) is 0. The van der Waals surface area contributed by atoms with Crippen LogP contribution in [0.2, 0.25) is 0 Å². The summed E-state index contributed by atoms with van der Waals surface area (Å²) in [5.74, 6) is -0.0871. The first-order valence-electron chi connectivity index (χ1n) is 11.2. The molecule has 0 aliphatic carbocycles. The van der Waals surface area contributed by atoms with Crippen LogP contribution in [0.4, 0.5) is 0 Å². The van der Waals surface area contributed by atoms with Gasteiger partial charge in [-0.15, -0.1) is 0 Å². The Bertz CT molecular complexity index is 310. The Morgan fingerprint density at radius 3 is 1.65 bits per heavy atom. The van der Waals surface area contributed by atoms with Crippen molar-refractivity contribution < 1.29 is 15.0 Å². The van der Waals surface area contributed by atoms with E-state index in [0.717, 1.165) is 19.3 Å². The molecular formula is C22H45NO3. The van der Waals surface area contributed by atoms with Crippen LogP contribution < -0.4 is 5.32 Å². The van der Waals surface area contributed by atoms with Crippen LogP contribution in [0.3, 0.4) is 0 Å². The lowest BCUT2D eigenvalue weighted by atomic mass is 10.0. The van der Waals surface area contributed by atoms with Crippen molar-refractivity contribution in [1.29, 1.82) is 0 Å². The zero-order chi connectivity index (χ0) is 19.5. The number of hydrogen-bond acceptors (Lipinski definition) is 3. The summed E-state index contributed by atoms with van der Waals surface area (Å²) in [5, 5.41) is 22.2. The molecule has 26 heavy (non-hydrogen) atoms. The van der Waals surface area contributed by atoms with Gasteiger partial charge in [0.15, 0.2) is 0 Å². The van der Waals surface area contributed by atoms with Crippen LogP contribution in [0.5, 0.6) is 0 Å². The molecule has 0 unspecified atom stereocenters. The SMILES string of the molecule is CCCCCCCCCCCCCCC[C@@H](O)[C@@H](CO)NC(=O)CCC. The maximum atomic E-state index is 11.6. The molecule has 3 N–H and O–H groups in total. The van der Waals surface area contributed by atoms with E-state index in [4.69, 9.17) is 0 Å². The summed E-state index contributed by atoms with van der Waals surface area (Å²) in [4.78, 5) is 11.6. The van der Waals surface area contributed by atoms with E-state index in [1.165, 1.54) is 70.6 Å². The van der Waals surface area contributed by atoms with Gasteiger partial charge >= 0.3 is 0 Å². The lowest BCUT2D eigenvalue weighted by Crippen LogP contribution is -2.45. The van der Waals surface area contributed by atoms with Gasteiger partial charge in [0.2, 0.25) is 5.91 Å². The minimum Gasteiger partial charge on any atom is -0.394 e. The summed E-state index contributed by atoms with van der Waals surface area (Å²) in [6, 6.07) is -0.522. The molecule has 4 nitrogen and oxygen atoms in total. The van der Waals surface area contributed by atoms with Crippen molar-refractivity contribution in [3.8, 4) is 0 Å². The Balaban J connectivity index is 3.46.